The summed E-state index contributed by atoms with van der Waals surface area (Å²) in [5, 5.41) is 12.5. The molecule has 37 heavy (non-hydrogen) atoms. The van der Waals surface area contributed by atoms with E-state index in [1.165, 1.54) is 31.0 Å². The number of hydrogen-bond donors (Lipinski definition) is 1. The number of methoxy groups -OCH3 is 1. The van der Waals surface area contributed by atoms with Crippen molar-refractivity contribution in [3.05, 3.63) is 88.1 Å². The Kier molecular flexibility index (Phi) is 7.79. The number of alkyl halides is 3. The maximum absolute atomic E-state index is 13.5. The molecule has 3 aromatic rings. The minimum absolute atomic E-state index is 0.0410. The predicted molar refractivity (Wildman–Crippen MR) is 133 cm³/mol. The standard InChI is InChI=1S/C26H19F3N4O3S/c1-35-22-12-17(4-7-21(22)36-20-6-5-18(14-30)11-19(20)26(27,28)29)13-23-24(34)33-25(37-23)32-10-8-16-3-2-9-31-15-16/h2-7,9,11-13,15H,8,10H2,1H3,(H,32,33,34)/b23-13-. The average Bonchev–Trinajstić information content (AvgIpc) is 3.23. The first kappa shape index (κ1) is 25.8. The Balaban J connectivity index is 1.47. The van der Waals surface area contributed by atoms with Crippen molar-refractivity contribution >= 4 is 28.9 Å². The number of carbonyl (C=O) groups excluding carboxylic acids is 1. The highest BCUT2D eigenvalue weighted by molar-refractivity contribution is 8.18. The van der Waals surface area contributed by atoms with E-state index in [-0.39, 0.29) is 17.1 Å². The summed E-state index contributed by atoms with van der Waals surface area (Å²) in [5.74, 6) is -0.661. The molecule has 1 aromatic heterocycles. The van der Waals surface area contributed by atoms with Crippen LogP contribution in [0, 0.1) is 11.3 Å². The van der Waals surface area contributed by atoms with Crippen molar-refractivity contribution in [3.63, 3.8) is 0 Å². The van der Waals surface area contributed by atoms with Gasteiger partial charge in [0.25, 0.3) is 5.91 Å². The van der Waals surface area contributed by atoms with Gasteiger partial charge in [-0.2, -0.15) is 23.4 Å². The lowest BCUT2D eigenvalue weighted by molar-refractivity contribution is -0.138. The predicted octanol–water partition coefficient (Wildman–Crippen LogP) is 5.58. The lowest BCUT2D eigenvalue weighted by Gasteiger charge is -2.16. The second-order valence-electron chi connectivity index (χ2n) is 7.70. The summed E-state index contributed by atoms with van der Waals surface area (Å²) in [6.07, 6.45) is 1.08. The molecule has 0 saturated carbocycles. The number of rotatable bonds is 7. The van der Waals surface area contributed by atoms with E-state index in [4.69, 9.17) is 14.7 Å². The second-order valence-corrected chi connectivity index (χ2v) is 8.73. The number of nitrogens with one attached hydrogen (secondary N) is 1. The molecule has 0 unspecified atom stereocenters. The van der Waals surface area contributed by atoms with Gasteiger partial charge in [-0.1, -0.05) is 12.1 Å². The van der Waals surface area contributed by atoms with Gasteiger partial charge in [0.2, 0.25) is 0 Å². The summed E-state index contributed by atoms with van der Waals surface area (Å²) in [5.41, 5.74) is 0.412. The zero-order chi connectivity index (χ0) is 26.4. The van der Waals surface area contributed by atoms with Crippen molar-refractivity contribution in [2.75, 3.05) is 13.7 Å². The van der Waals surface area contributed by atoms with Crippen molar-refractivity contribution < 1.29 is 27.4 Å². The third kappa shape index (κ3) is 6.48. The molecule has 188 valence electrons. The summed E-state index contributed by atoms with van der Waals surface area (Å²) in [6.45, 7) is 0.577. The van der Waals surface area contributed by atoms with Gasteiger partial charge in [0, 0.05) is 18.9 Å². The maximum atomic E-state index is 13.5. The Labute approximate surface area is 214 Å². The average molecular weight is 525 g/mol. The number of aromatic nitrogens is 1. The van der Waals surface area contributed by atoms with Crippen LogP contribution in [0.15, 0.2) is 70.8 Å². The Morgan fingerprint density at radius 2 is 1.95 bits per heavy atom. The highest BCUT2D eigenvalue weighted by atomic mass is 32.2. The molecule has 1 N–H and O–H groups in total. The molecule has 0 saturated heterocycles. The van der Waals surface area contributed by atoms with Crippen molar-refractivity contribution in [2.24, 2.45) is 4.99 Å². The van der Waals surface area contributed by atoms with Gasteiger partial charge >= 0.3 is 6.18 Å². The van der Waals surface area contributed by atoms with E-state index in [1.807, 2.05) is 12.1 Å². The highest BCUT2D eigenvalue weighted by Gasteiger charge is 2.35. The number of nitriles is 1. The van der Waals surface area contributed by atoms with Gasteiger partial charge in [0.05, 0.1) is 29.2 Å². The summed E-state index contributed by atoms with van der Waals surface area (Å²) in [6, 6.07) is 13.1. The Morgan fingerprint density at radius 1 is 1.14 bits per heavy atom. The first-order valence-electron chi connectivity index (χ1n) is 10.9. The van der Waals surface area contributed by atoms with Gasteiger partial charge in [-0.3, -0.25) is 9.78 Å². The molecule has 0 aliphatic carbocycles. The van der Waals surface area contributed by atoms with E-state index >= 15 is 0 Å². The summed E-state index contributed by atoms with van der Waals surface area (Å²) in [4.78, 5) is 20.8. The molecule has 0 atom stereocenters. The SMILES string of the molecule is COc1cc(/C=C2\SC(NCCc3cccnc3)=NC2=O)ccc1Oc1ccc(C#N)cc1C(F)(F)F. The van der Waals surface area contributed by atoms with E-state index in [9.17, 15) is 18.0 Å². The number of ether oxygens (including phenoxy) is 2. The van der Waals surface area contributed by atoms with Crippen LogP contribution in [-0.4, -0.2) is 29.7 Å². The molecule has 0 bridgehead atoms. The first-order chi connectivity index (χ1) is 17.8. The number of pyridine rings is 1. The molecule has 1 aliphatic heterocycles. The molecule has 0 fully saturated rings. The van der Waals surface area contributed by atoms with Gasteiger partial charge in [0.1, 0.15) is 5.75 Å². The number of thioether (sulfide) groups is 1. The molecule has 11 heteroatoms. The minimum atomic E-state index is -4.72. The number of nitrogens with zero attached hydrogens (tertiary/aromatic N) is 3. The van der Waals surface area contributed by atoms with Crippen LogP contribution in [-0.2, 0) is 17.4 Å². The Bertz CT molecular complexity index is 1420. The van der Waals surface area contributed by atoms with Gasteiger partial charge < -0.3 is 14.8 Å². The molecule has 1 amide bonds. The van der Waals surface area contributed by atoms with Gasteiger partial charge in [-0.15, -0.1) is 0 Å². The van der Waals surface area contributed by atoms with Crippen LogP contribution >= 0.6 is 11.8 Å². The highest BCUT2D eigenvalue weighted by Crippen LogP contribution is 2.41. The largest absolute Gasteiger partial charge is 0.493 e. The summed E-state index contributed by atoms with van der Waals surface area (Å²) in [7, 11) is 1.35. The number of carbonyl (C=O) groups is 1. The number of amides is 1. The number of halogens is 3. The number of hydrogen-bond acceptors (Lipinski definition) is 7. The molecule has 0 radical (unpaired) electrons. The molecule has 1 aliphatic rings. The molecule has 2 aromatic carbocycles. The van der Waals surface area contributed by atoms with E-state index in [0.29, 0.717) is 28.6 Å². The van der Waals surface area contributed by atoms with E-state index < -0.39 is 23.4 Å². The zero-order valence-electron chi connectivity index (χ0n) is 19.4. The first-order valence-corrected chi connectivity index (χ1v) is 11.7. The third-order valence-corrected chi connectivity index (χ3v) is 6.09. The summed E-state index contributed by atoms with van der Waals surface area (Å²) >= 11 is 1.19. The van der Waals surface area contributed by atoms with E-state index in [2.05, 4.69) is 15.3 Å². The van der Waals surface area contributed by atoms with Crippen LogP contribution in [0.25, 0.3) is 6.08 Å². The molecular formula is C26H19F3N4O3S. The Morgan fingerprint density at radius 3 is 2.65 bits per heavy atom. The van der Waals surface area contributed by atoms with E-state index in [1.54, 1.807) is 36.7 Å². The molecule has 4 rings (SSSR count). The van der Waals surface area contributed by atoms with Crippen molar-refractivity contribution in [1.82, 2.24) is 10.3 Å². The van der Waals surface area contributed by atoms with Crippen LogP contribution < -0.4 is 14.8 Å². The lowest BCUT2D eigenvalue weighted by atomic mass is 10.1. The van der Waals surface area contributed by atoms with Crippen LogP contribution in [0.5, 0.6) is 17.2 Å². The second kappa shape index (κ2) is 11.2. The molecular weight excluding hydrogens is 505 g/mol. The van der Waals surface area contributed by atoms with Crippen molar-refractivity contribution in [3.8, 4) is 23.3 Å². The van der Waals surface area contributed by atoms with E-state index in [0.717, 1.165) is 17.7 Å². The normalized spacial score (nSPS) is 14.3. The number of benzene rings is 2. The van der Waals surface area contributed by atoms with Crippen molar-refractivity contribution in [2.45, 2.75) is 12.6 Å². The molecule has 2 heterocycles. The zero-order valence-corrected chi connectivity index (χ0v) is 20.2. The van der Waals surface area contributed by atoms with Gasteiger partial charge in [-0.25, -0.2) is 0 Å². The molecule has 7 nitrogen and oxygen atoms in total. The topological polar surface area (TPSA) is 96.6 Å². The van der Waals surface area contributed by atoms with Gasteiger partial charge in [-0.05, 0) is 71.8 Å². The van der Waals surface area contributed by atoms with Crippen LogP contribution in [0.3, 0.4) is 0 Å². The van der Waals surface area contributed by atoms with Crippen LogP contribution in [0.2, 0.25) is 0 Å². The third-order valence-electron chi connectivity index (χ3n) is 5.15. The van der Waals surface area contributed by atoms with Crippen molar-refractivity contribution in [1.29, 1.82) is 5.26 Å². The quantitative estimate of drug-likeness (QED) is 0.403. The van der Waals surface area contributed by atoms with Crippen LogP contribution in [0.1, 0.15) is 22.3 Å². The fourth-order valence-corrected chi connectivity index (χ4v) is 4.22. The maximum Gasteiger partial charge on any atom is 0.420 e. The molecule has 0 spiro atoms. The number of aliphatic imine (C=N–C) groups is 1. The fourth-order valence-electron chi connectivity index (χ4n) is 3.38. The fraction of sp³-hybridized carbons (Fsp3) is 0.154. The monoisotopic (exact) mass is 524 g/mol. The smallest absolute Gasteiger partial charge is 0.420 e. The summed E-state index contributed by atoms with van der Waals surface area (Å²) < 4.78 is 51.3. The minimum Gasteiger partial charge on any atom is -0.493 e. The van der Waals surface area contributed by atoms with Gasteiger partial charge in [0.15, 0.2) is 16.7 Å². The lowest BCUT2D eigenvalue weighted by Crippen LogP contribution is -2.21. The number of amidine groups is 1. The Hall–Kier alpha value is -4.30. The van der Waals surface area contributed by atoms with Crippen LogP contribution in [0.4, 0.5) is 13.2 Å².